The van der Waals surface area contributed by atoms with Crippen LogP contribution in [0.4, 0.5) is 0 Å². The number of hydrogen-bond acceptors (Lipinski definition) is 3. The highest BCUT2D eigenvalue weighted by Crippen LogP contribution is 2.50. The van der Waals surface area contributed by atoms with Gasteiger partial charge >= 0.3 is 8.80 Å². The summed E-state index contributed by atoms with van der Waals surface area (Å²) < 4.78 is 20.1. The lowest BCUT2D eigenvalue weighted by atomic mass is 11.9. The summed E-state index contributed by atoms with van der Waals surface area (Å²) in [6.07, 6.45) is 0. The summed E-state index contributed by atoms with van der Waals surface area (Å²) in [5, 5.41) is 0. The first-order valence-corrected chi connectivity index (χ1v) is 27.7. The molecule has 0 unspecified atom stereocenters. The van der Waals surface area contributed by atoms with Crippen molar-refractivity contribution in [1.29, 1.82) is 0 Å². The molecule has 0 aliphatic carbocycles. The van der Waals surface area contributed by atoms with E-state index in [9.17, 15) is 0 Å². The van der Waals surface area contributed by atoms with Gasteiger partial charge in [0.2, 0.25) is 0 Å². The number of hydrogen-bond donors (Lipinski definition) is 0. The molecule has 0 radical (unpaired) electrons. The average Bonchev–Trinajstić information content (AvgIpc) is 2.09. The van der Waals surface area contributed by atoms with Crippen LogP contribution in [-0.4, -0.2) is 46.0 Å². The molecule has 0 aromatic heterocycles. The summed E-state index contributed by atoms with van der Waals surface area (Å²) in [7, 11) is -10.2. The highest BCUT2D eigenvalue weighted by Gasteiger charge is 2.78. The maximum Gasteiger partial charge on any atom is 0.465 e. The van der Waals surface area contributed by atoms with Gasteiger partial charge < -0.3 is 12.3 Å². The maximum absolute atomic E-state index is 6.83. The van der Waals surface area contributed by atoms with Crippen molar-refractivity contribution < 1.29 is 12.3 Å². The fraction of sp³-hybridized carbons (Fsp3) is 1.00. The van der Waals surface area contributed by atoms with Crippen LogP contribution in [0, 0.1) is 0 Å². The van der Waals surface area contributed by atoms with E-state index >= 15 is 0 Å². The molecule has 2 heterocycles. The van der Waals surface area contributed by atoms with E-state index in [0.717, 1.165) is 0 Å². The van der Waals surface area contributed by atoms with Crippen LogP contribution in [0.5, 0.6) is 0 Å². The van der Waals surface area contributed by atoms with Gasteiger partial charge in [-0.25, -0.2) is 0 Å². The smallest absolute Gasteiger partial charge is 0.422 e. The summed E-state index contributed by atoms with van der Waals surface area (Å²) in [5.74, 6) is 0. The van der Waals surface area contributed by atoms with Crippen molar-refractivity contribution in [2.75, 3.05) is 0 Å². The Bertz CT molecular complexity index is 389. The van der Waals surface area contributed by atoms with E-state index in [0.29, 0.717) is 0 Å². The van der Waals surface area contributed by atoms with E-state index in [4.69, 9.17) is 12.3 Å². The molecule has 0 saturated carbocycles. The fourth-order valence-corrected chi connectivity index (χ4v) is 128. The number of rotatable bonds is 0. The molecular weight excluding hydrogens is 337 g/mol. The van der Waals surface area contributed by atoms with Crippen LogP contribution in [-0.2, 0) is 12.3 Å². The summed E-state index contributed by atoms with van der Waals surface area (Å²) in [6, 6.07) is 0. The van der Waals surface area contributed by atoms with Gasteiger partial charge in [0.25, 0.3) is 0 Å². The highest BCUT2D eigenvalue weighted by molar-refractivity contribution is 7.91. The molecule has 112 valence electrons. The molecule has 2 bridgehead atoms. The van der Waals surface area contributed by atoms with Crippen LogP contribution in [0.25, 0.3) is 0 Å². The van der Waals surface area contributed by atoms with Gasteiger partial charge in [-0.05, 0) is 26.2 Å². The first-order valence-electron chi connectivity index (χ1n) is 7.22. The van der Waals surface area contributed by atoms with Crippen molar-refractivity contribution in [2.24, 2.45) is 0 Å². The summed E-state index contributed by atoms with van der Waals surface area (Å²) in [6.45, 7) is 24.8. The average molecular weight is 367 g/mol. The highest BCUT2D eigenvalue weighted by atomic mass is 30.0. The Labute approximate surface area is 124 Å². The topological polar surface area (TPSA) is 27.7 Å². The van der Waals surface area contributed by atoms with Gasteiger partial charge in [0.1, 0.15) is 0 Å². The molecule has 0 spiro atoms. The second kappa shape index (κ2) is 3.93. The van der Waals surface area contributed by atoms with Gasteiger partial charge in [0.15, 0.2) is 23.0 Å². The largest absolute Gasteiger partial charge is 0.465 e. The molecule has 0 aromatic rings. The SMILES string of the molecule is C[Si]12O[Si](C)(C)[Si](C)(C)[Si](C)(O1)[Si](C)(C)[Si](C)(C)O2. The van der Waals surface area contributed by atoms with E-state index in [1.807, 2.05) is 0 Å². The summed E-state index contributed by atoms with van der Waals surface area (Å²) in [4.78, 5) is 0. The normalized spacial score (nSPS) is 45.8. The third-order valence-electron chi connectivity index (χ3n) is 6.67. The second-order valence-corrected chi connectivity index (χ2v) is 59.7. The Balaban J connectivity index is 2.69. The fourth-order valence-electron chi connectivity index (χ4n) is 3.80. The van der Waals surface area contributed by atoms with Crippen LogP contribution in [0.3, 0.4) is 0 Å². The van der Waals surface area contributed by atoms with Crippen molar-refractivity contribution in [2.45, 2.75) is 65.5 Å². The number of fused-ring (bicyclic) bond motifs is 2. The predicted molar refractivity (Wildman–Crippen MR) is 96.4 cm³/mol. The third kappa shape index (κ3) is 1.86. The van der Waals surface area contributed by atoms with Crippen LogP contribution in [0.1, 0.15) is 0 Å². The van der Waals surface area contributed by atoms with Crippen LogP contribution in [0.2, 0.25) is 65.5 Å². The van der Waals surface area contributed by atoms with Crippen molar-refractivity contribution in [1.82, 2.24) is 0 Å². The van der Waals surface area contributed by atoms with Gasteiger partial charge in [-0.3, -0.25) is 0 Å². The van der Waals surface area contributed by atoms with Crippen LogP contribution >= 0.6 is 0 Å². The van der Waals surface area contributed by atoms with E-state index in [1.54, 1.807) is 0 Å². The molecule has 9 heteroatoms. The standard InChI is InChI=1S/C10H30O3Si6/c1-14(2)11-18(9)12-15(3,4)17(7,8)19(10,13-18)16(14,5)6/h1-10H3. The molecule has 0 aromatic carbocycles. The van der Waals surface area contributed by atoms with Crippen LogP contribution in [0.15, 0.2) is 0 Å². The Morgan fingerprint density at radius 2 is 0.789 bits per heavy atom. The van der Waals surface area contributed by atoms with E-state index in [-0.39, 0.29) is 0 Å². The minimum absolute atomic E-state index is 1.45. The molecular formula is C10H30O3Si6. The van der Waals surface area contributed by atoms with Crippen molar-refractivity contribution >= 4 is 46.0 Å². The van der Waals surface area contributed by atoms with Crippen molar-refractivity contribution in [3.63, 3.8) is 0 Å². The molecule has 2 fully saturated rings. The van der Waals surface area contributed by atoms with Gasteiger partial charge in [0.05, 0.1) is 14.2 Å². The maximum atomic E-state index is 6.83. The van der Waals surface area contributed by atoms with E-state index < -0.39 is 46.0 Å². The van der Waals surface area contributed by atoms with E-state index in [2.05, 4.69) is 65.5 Å². The van der Waals surface area contributed by atoms with Gasteiger partial charge in [-0.2, -0.15) is 0 Å². The minimum Gasteiger partial charge on any atom is -0.422 e. The molecule has 2 aliphatic rings. The van der Waals surface area contributed by atoms with Crippen LogP contribution < -0.4 is 0 Å². The van der Waals surface area contributed by atoms with Gasteiger partial charge in [-0.15, -0.1) is 0 Å². The Morgan fingerprint density at radius 1 is 0.474 bits per heavy atom. The van der Waals surface area contributed by atoms with Gasteiger partial charge in [0, 0.05) is 6.55 Å². The molecule has 3 nitrogen and oxygen atoms in total. The zero-order valence-electron chi connectivity index (χ0n) is 14.2. The monoisotopic (exact) mass is 366 g/mol. The first kappa shape index (κ1) is 16.6. The molecule has 2 rings (SSSR count). The lowest BCUT2D eigenvalue weighted by molar-refractivity contribution is 0.261. The summed E-state index contributed by atoms with van der Waals surface area (Å²) >= 11 is 0. The van der Waals surface area contributed by atoms with Crippen molar-refractivity contribution in [3.05, 3.63) is 0 Å². The zero-order chi connectivity index (χ0) is 15.1. The minimum atomic E-state index is -2.35. The third-order valence-corrected chi connectivity index (χ3v) is 98.8. The quantitative estimate of drug-likeness (QED) is 0.615. The first-order chi connectivity index (χ1) is 8.12. The Morgan fingerprint density at radius 3 is 1.11 bits per heavy atom. The molecule has 0 atom stereocenters. The second-order valence-electron chi connectivity index (χ2n) is 8.47. The van der Waals surface area contributed by atoms with Gasteiger partial charge in [-0.1, -0.05) is 32.7 Å². The lowest BCUT2D eigenvalue weighted by Gasteiger charge is -2.68. The molecule has 2 saturated heterocycles. The molecule has 19 heavy (non-hydrogen) atoms. The Hall–Kier alpha value is 1.18. The van der Waals surface area contributed by atoms with Crippen molar-refractivity contribution in [3.8, 4) is 0 Å². The zero-order valence-corrected chi connectivity index (χ0v) is 20.2. The Kier molecular flexibility index (Phi) is 3.42. The predicted octanol–water partition coefficient (Wildman–Crippen LogP) is 3.35. The summed E-state index contributed by atoms with van der Waals surface area (Å²) in [5.41, 5.74) is 0. The molecule has 0 amide bonds. The van der Waals surface area contributed by atoms with E-state index in [1.165, 1.54) is 0 Å². The molecule has 2 aliphatic heterocycles. The molecule has 0 N–H and O–H groups in total. The lowest BCUT2D eigenvalue weighted by Crippen LogP contribution is -2.97.